The molecule has 27 heavy (non-hydrogen) atoms. The van der Waals surface area contributed by atoms with Gasteiger partial charge in [0.2, 0.25) is 5.91 Å². The Morgan fingerprint density at radius 2 is 1.81 bits per heavy atom. The van der Waals surface area contributed by atoms with E-state index < -0.39 is 5.79 Å². The second kappa shape index (κ2) is 7.36. The first-order valence-electron chi connectivity index (χ1n) is 10.3. The van der Waals surface area contributed by atoms with E-state index in [-0.39, 0.29) is 34.7 Å². The molecule has 4 atom stereocenters. The molecule has 3 aliphatic rings. The average molecular weight is 382 g/mol. The van der Waals surface area contributed by atoms with E-state index in [9.17, 15) is 9.59 Å². The van der Waals surface area contributed by atoms with Crippen molar-refractivity contribution in [2.75, 3.05) is 20.3 Å². The number of hydrogen-bond donors (Lipinski definition) is 1. The monoisotopic (exact) mass is 381 g/mol. The molecule has 0 bridgehead atoms. The van der Waals surface area contributed by atoms with Crippen molar-refractivity contribution in [1.29, 1.82) is 0 Å². The van der Waals surface area contributed by atoms with Crippen molar-refractivity contribution in [3.8, 4) is 0 Å². The van der Waals surface area contributed by atoms with Gasteiger partial charge in [-0.15, -0.1) is 0 Å². The van der Waals surface area contributed by atoms with Crippen molar-refractivity contribution in [3.05, 3.63) is 0 Å². The van der Waals surface area contributed by atoms with Gasteiger partial charge in [0.25, 0.3) is 0 Å². The van der Waals surface area contributed by atoms with E-state index in [1.54, 1.807) is 0 Å². The first-order chi connectivity index (χ1) is 12.6. The Hall–Kier alpha value is -1.14. The van der Waals surface area contributed by atoms with E-state index in [0.29, 0.717) is 32.0 Å². The van der Waals surface area contributed by atoms with Gasteiger partial charge in [-0.1, -0.05) is 6.92 Å². The fourth-order valence-corrected chi connectivity index (χ4v) is 5.73. The van der Waals surface area contributed by atoms with Crippen LogP contribution in [0.2, 0.25) is 0 Å². The van der Waals surface area contributed by atoms with Crippen molar-refractivity contribution < 1.29 is 23.8 Å². The molecule has 0 aromatic rings. The molecular formula is C21H35NO5. The number of esters is 1. The molecule has 1 saturated heterocycles. The molecule has 1 spiro atoms. The van der Waals surface area contributed by atoms with Crippen LogP contribution in [-0.2, 0) is 23.8 Å². The largest absolute Gasteiger partial charge is 0.469 e. The fraction of sp³-hybridized carbons (Fsp3) is 0.905. The zero-order valence-corrected chi connectivity index (χ0v) is 17.4. The summed E-state index contributed by atoms with van der Waals surface area (Å²) in [6, 6.07) is 0. The molecule has 3 fully saturated rings. The molecule has 154 valence electrons. The van der Waals surface area contributed by atoms with E-state index in [4.69, 9.17) is 14.2 Å². The van der Waals surface area contributed by atoms with Crippen LogP contribution in [0.25, 0.3) is 0 Å². The quantitative estimate of drug-likeness (QED) is 0.758. The standard InChI is InChI=1S/C21H35NO5/c1-19(2,3)22-18(24)16-7-6-14-15(8-9-17(23)25-5)21(26-12-13-27-21)11-10-20(14,16)4/h14-16H,6-13H2,1-5H3,(H,22,24)/t14-,15-,16?,20-/m0/s1. The molecule has 2 aliphatic carbocycles. The molecule has 0 aromatic carbocycles. The summed E-state index contributed by atoms with van der Waals surface area (Å²) in [5.74, 6) is -0.205. The lowest BCUT2D eigenvalue weighted by Gasteiger charge is -2.52. The minimum Gasteiger partial charge on any atom is -0.469 e. The van der Waals surface area contributed by atoms with Crippen molar-refractivity contribution in [2.45, 2.75) is 77.5 Å². The summed E-state index contributed by atoms with van der Waals surface area (Å²) in [5, 5.41) is 3.18. The second-order valence-corrected chi connectivity index (χ2v) is 9.71. The molecule has 0 radical (unpaired) electrons. The number of rotatable bonds is 4. The predicted octanol–water partition coefficient (Wildman–Crippen LogP) is 3.04. The van der Waals surface area contributed by atoms with Gasteiger partial charge in [0.15, 0.2) is 5.79 Å². The highest BCUT2D eigenvalue weighted by molar-refractivity contribution is 5.80. The lowest BCUT2D eigenvalue weighted by molar-refractivity contribution is -0.247. The molecule has 1 amide bonds. The average Bonchev–Trinajstić information content (AvgIpc) is 3.18. The number of hydrogen-bond acceptors (Lipinski definition) is 5. The third-order valence-corrected chi connectivity index (χ3v) is 6.95. The van der Waals surface area contributed by atoms with Gasteiger partial charge in [-0.25, -0.2) is 0 Å². The predicted molar refractivity (Wildman–Crippen MR) is 101 cm³/mol. The van der Waals surface area contributed by atoms with E-state index in [1.165, 1.54) is 7.11 Å². The summed E-state index contributed by atoms with van der Waals surface area (Å²) in [4.78, 5) is 24.8. The van der Waals surface area contributed by atoms with Crippen LogP contribution in [0.15, 0.2) is 0 Å². The maximum atomic E-state index is 13.0. The Morgan fingerprint density at radius 1 is 1.15 bits per heavy atom. The van der Waals surface area contributed by atoms with Crippen LogP contribution in [0, 0.1) is 23.2 Å². The van der Waals surface area contributed by atoms with Crippen LogP contribution in [0.3, 0.4) is 0 Å². The van der Waals surface area contributed by atoms with E-state index in [2.05, 4.69) is 12.2 Å². The zero-order chi connectivity index (χ0) is 19.9. The lowest BCUT2D eigenvalue weighted by atomic mass is 9.58. The first kappa shape index (κ1) is 20.6. The SMILES string of the molecule is COC(=O)CC[C@H]1[C@@H]2CCC(C(=O)NC(C)(C)C)[C@@]2(C)CCC12OCCO2. The fourth-order valence-electron chi connectivity index (χ4n) is 5.73. The molecular weight excluding hydrogens is 346 g/mol. The number of nitrogens with one attached hydrogen (secondary N) is 1. The van der Waals surface area contributed by atoms with Gasteiger partial charge < -0.3 is 19.5 Å². The van der Waals surface area contributed by atoms with Gasteiger partial charge in [-0.05, 0) is 57.8 Å². The topological polar surface area (TPSA) is 73.9 Å². The molecule has 0 aromatic heterocycles. The minimum absolute atomic E-state index is 0.00102. The number of ether oxygens (including phenoxy) is 3. The highest BCUT2D eigenvalue weighted by Crippen LogP contribution is 2.62. The summed E-state index contributed by atoms with van der Waals surface area (Å²) < 4.78 is 17.1. The Bertz CT molecular complexity index is 578. The van der Waals surface area contributed by atoms with Crippen LogP contribution in [-0.4, -0.2) is 43.5 Å². The molecule has 3 rings (SSSR count). The van der Waals surface area contributed by atoms with Gasteiger partial charge in [-0.3, -0.25) is 9.59 Å². The molecule has 1 unspecified atom stereocenters. The third kappa shape index (κ3) is 3.88. The van der Waals surface area contributed by atoms with Gasteiger partial charge in [0.1, 0.15) is 0 Å². The van der Waals surface area contributed by atoms with Crippen molar-refractivity contribution in [1.82, 2.24) is 5.32 Å². The molecule has 6 heteroatoms. The highest BCUT2D eigenvalue weighted by atomic mass is 16.7. The van der Waals surface area contributed by atoms with Gasteiger partial charge >= 0.3 is 5.97 Å². The molecule has 1 aliphatic heterocycles. The van der Waals surface area contributed by atoms with E-state index in [0.717, 1.165) is 25.7 Å². The zero-order valence-electron chi connectivity index (χ0n) is 17.4. The number of carbonyl (C=O) groups excluding carboxylic acids is 2. The van der Waals surface area contributed by atoms with E-state index in [1.807, 2.05) is 20.8 Å². The summed E-state index contributed by atoms with van der Waals surface area (Å²) in [7, 11) is 1.42. The lowest BCUT2D eigenvalue weighted by Crippen LogP contribution is -2.55. The van der Waals surface area contributed by atoms with Gasteiger partial charge in [-0.2, -0.15) is 0 Å². The summed E-state index contributed by atoms with van der Waals surface area (Å²) in [6.45, 7) is 9.53. The summed E-state index contributed by atoms with van der Waals surface area (Å²) in [5.41, 5.74) is -0.319. The second-order valence-electron chi connectivity index (χ2n) is 9.71. The van der Waals surface area contributed by atoms with Gasteiger partial charge in [0.05, 0.1) is 20.3 Å². The Morgan fingerprint density at radius 3 is 2.41 bits per heavy atom. The van der Waals surface area contributed by atoms with Gasteiger partial charge in [0, 0.05) is 30.2 Å². The van der Waals surface area contributed by atoms with Crippen LogP contribution in [0.5, 0.6) is 0 Å². The van der Waals surface area contributed by atoms with Crippen LogP contribution in [0.4, 0.5) is 0 Å². The number of fused-ring (bicyclic) bond motifs is 1. The number of carbonyl (C=O) groups is 2. The number of amides is 1. The Labute approximate surface area is 162 Å². The molecule has 1 heterocycles. The van der Waals surface area contributed by atoms with Crippen molar-refractivity contribution in [2.24, 2.45) is 23.2 Å². The first-order valence-corrected chi connectivity index (χ1v) is 10.3. The van der Waals surface area contributed by atoms with Crippen molar-refractivity contribution in [3.63, 3.8) is 0 Å². The van der Waals surface area contributed by atoms with E-state index >= 15 is 0 Å². The minimum atomic E-state index is -0.590. The Balaban J connectivity index is 1.82. The smallest absolute Gasteiger partial charge is 0.305 e. The Kier molecular flexibility index (Phi) is 5.61. The molecule has 6 nitrogen and oxygen atoms in total. The highest BCUT2D eigenvalue weighted by Gasteiger charge is 2.62. The maximum absolute atomic E-state index is 13.0. The van der Waals surface area contributed by atoms with Crippen LogP contribution in [0.1, 0.15) is 66.2 Å². The molecule has 2 saturated carbocycles. The third-order valence-electron chi connectivity index (χ3n) is 6.95. The number of methoxy groups -OCH3 is 1. The van der Waals surface area contributed by atoms with Crippen LogP contribution < -0.4 is 5.32 Å². The molecule has 1 N–H and O–H groups in total. The van der Waals surface area contributed by atoms with Crippen LogP contribution >= 0.6 is 0 Å². The summed E-state index contributed by atoms with van der Waals surface area (Å²) in [6.07, 6.45) is 4.59. The summed E-state index contributed by atoms with van der Waals surface area (Å²) >= 11 is 0. The maximum Gasteiger partial charge on any atom is 0.305 e. The normalized spacial score (nSPS) is 35.1. The van der Waals surface area contributed by atoms with Crippen molar-refractivity contribution >= 4 is 11.9 Å².